The molecule has 0 radical (unpaired) electrons. The largest absolute Gasteiger partial charge is 0.474 e. The third-order valence-electron chi connectivity index (χ3n) is 4.95. The number of halogens is 2. The third-order valence-corrected chi connectivity index (χ3v) is 4.95. The lowest BCUT2D eigenvalue weighted by Crippen LogP contribution is -2.53. The van der Waals surface area contributed by atoms with Gasteiger partial charge in [0.2, 0.25) is 11.8 Å². The van der Waals surface area contributed by atoms with Crippen LogP contribution in [0.1, 0.15) is 25.7 Å². The highest BCUT2D eigenvalue weighted by Gasteiger charge is 2.42. The normalized spacial score (nSPS) is 20.1. The lowest BCUT2D eigenvalue weighted by atomic mass is 9.78. The van der Waals surface area contributed by atoms with Gasteiger partial charge in [-0.25, -0.2) is 4.98 Å². The Morgan fingerprint density at radius 3 is 2.52 bits per heavy atom. The number of piperidine rings is 1. The third kappa shape index (κ3) is 5.20. The summed E-state index contributed by atoms with van der Waals surface area (Å²) in [6.45, 7) is 3.10. The Balaban J connectivity index is 0.00000156. The molecule has 0 unspecified atom stereocenters. The number of likely N-dealkylation sites (tertiary alicyclic amines) is 1. The zero-order chi connectivity index (χ0) is 16.1. The van der Waals surface area contributed by atoms with Crippen molar-refractivity contribution in [2.45, 2.75) is 31.8 Å². The van der Waals surface area contributed by atoms with Gasteiger partial charge in [-0.05, 0) is 18.9 Å². The summed E-state index contributed by atoms with van der Waals surface area (Å²) in [5.41, 5.74) is 5.52. The van der Waals surface area contributed by atoms with Crippen LogP contribution in [0.2, 0.25) is 0 Å². The van der Waals surface area contributed by atoms with E-state index in [-0.39, 0.29) is 36.8 Å². The molecule has 3 heterocycles. The average molecular weight is 392 g/mol. The minimum absolute atomic E-state index is 0. The van der Waals surface area contributed by atoms with Crippen molar-refractivity contribution in [1.82, 2.24) is 9.88 Å². The summed E-state index contributed by atoms with van der Waals surface area (Å²) < 4.78 is 11.3. The predicted octanol–water partition coefficient (Wildman–Crippen LogP) is 2.05. The maximum Gasteiger partial charge on any atom is 0.230 e. The fourth-order valence-electron chi connectivity index (χ4n) is 3.37. The Labute approximate surface area is 161 Å². The fourth-order valence-corrected chi connectivity index (χ4v) is 3.37. The number of aromatic nitrogens is 1. The summed E-state index contributed by atoms with van der Waals surface area (Å²) >= 11 is 0. The number of nitrogens with zero attached hydrogens (tertiary/aromatic N) is 2. The van der Waals surface area contributed by atoms with Gasteiger partial charge in [0.05, 0.1) is 5.41 Å². The van der Waals surface area contributed by atoms with Crippen LogP contribution >= 0.6 is 24.8 Å². The Bertz CT molecular complexity index is 519. The number of nitrogens with two attached hydrogens (primary N) is 1. The molecule has 2 N–H and O–H groups in total. The first-order valence-corrected chi connectivity index (χ1v) is 8.38. The molecular formula is C17H27Cl2N3O3. The lowest BCUT2D eigenvalue weighted by Gasteiger charge is -2.41. The van der Waals surface area contributed by atoms with Crippen LogP contribution in [0.25, 0.3) is 0 Å². The highest BCUT2D eigenvalue weighted by Crippen LogP contribution is 2.32. The smallest absolute Gasteiger partial charge is 0.230 e. The van der Waals surface area contributed by atoms with Gasteiger partial charge >= 0.3 is 0 Å². The molecule has 0 aromatic carbocycles. The molecule has 0 atom stereocenters. The fraction of sp³-hybridized carbons (Fsp3) is 0.647. The van der Waals surface area contributed by atoms with Crippen LogP contribution in [-0.2, 0) is 9.53 Å². The van der Waals surface area contributed by atoms with E-state index in [1.54, 1.807) is 6.20 Å². The molecular weight excluding hydrogens is 365 g/mol. The molecule has 0 bridgehead atoms. The van der Waals surface area contributed by atoms with E-state index in [0.29, 0.717) is 25.6 Å². The van der Waals surface area contributed by atoms with Crippen molar-refractivity contribution in [1.29, 1.82) is 0 Å². The molecule has 2 fully saturated rings. The van der Waals surface area contributed by atoms with Gasteiger partial charge in [0, 0.05) is 58.0 Å². The van der Waals surface area contributed by atoms with Crippen LogP contribution < -0.4 is 10.5 Å². The first kappa shape index (κ1) is 22.0. The van der Waals surface area contributed by atoms with E-state index in [1.807, 2.05) is 23.1 Å². The summed E-state index contributed by atoms with van der Waals surface area (Å²) in [6.07, 6.45) is 4.97. The van der Waals surface area contributed by atoms with E-state index in [1.165, 1.54) is 0 Å². The molecule has 142 valence electrons. The number of rotatable bonds is 4. The van der Waals surface area contributed by atoms with Crippen molar-refractivity contribution < 1.29 is 14.3 Å². The Kier molecular flexibility index (Phi) is 8.93. The molecule has 1 aromatic rings. The summed E-state index contributed by atoms with van der Waals surface area (Å²) in [5.74, 6) is 0.847. The monoisotopic (exact) mass is 391 g/mol. The molecule has 3 rings (SSSR count). The molecule has 2 aliphatic rings. The van der Waals surface area contributed by atoms with Gasteiger partial charge in [0.1, 0.15) is 6.10 Å². The van der Waals surface area contributed by atoms with E-state index in [2.05, 4.69) is 4.98 Å². The van der Waals surface area contributed by atoms with Gasteiger partial charge in [0.15, 0.2) is 0 Å². The number of hydrogen-bond acceptors (Lipinski definition) is 5. The molecule has 2 aliphatic heterocycles. The lowest BCUT2D eigenvalue weighted by molar-refractivity contribution is -0.149. The van der Waals surface area contributed by atoms with Crippen molar-refractivity contribution in [2.75, 3.05) is 32.8 Å². The highest BCUT2D eigenvalue weighted by atomic mass is 35.5. The first-order valence-electron chi connectivity index (χ1n) is 8.38. The minimum atomic E-state index is -0.424. The number of amides is 1. The van der Waals surface area contributed by atoms with Crippen LogP contribution in [0.15, 0.2) is 24.4 Å². The topological polar surface area (TPSA) is 77.7 Å². The Morgan fingerprint density at radius 1 is 1.28 bits per heavy atom. The molecule has 1 amide bonds. The second kappa shape index (κ2) is 10.2. The van der Waals surface area contributed by atoms with Gasteiger partial charge in [-0.3, -0.25) is 4.79 Å². The summed E-state index contributed by atoms with van der Waals surface area (Å²) in [5, 5.41) is 0. The van der Waals surface area contributed by atoms with Crippen LogP contribution in [0.5, 0.6) is 5.88 Å². The van der Waals surface area contributed by atoms with Crippen LogP contribution in [0, 0.1) is 5.41 Å². The zero-order valence-corrected chi connectivity index (χ0v) is 15.9. The SMILES string of the molecule is Cl.Cl.NCC1(C(=O)N2CCC(Oc3ccccn3)CC2)CCOCC1. The summed E-state index contributed by atoms with van der Waals surface area (Å²) in [7, 11) is 0. The van der Waals surface area contributed by atoms with Gasteiger partial charge < -0.3 is 20.1 Å². The highest BCUT2D eigenvalue weighted by molar-refractivity contribution is 5.85. The van der Waals surface area contributed by atoms with E-state index in [0.717, 1.165) is 38.8 Å². The maximum absolute atomic E-state index is 12.9. The van der Waals surface area contributed by atoms with Crippen LogP contribution in [0.4, 0.5) is 0 Å². The number of carbonyl (C=O) groups is 1. The number of pyridine rings is 1. The van der Waals surface area contributed by atoms with Crippen LogP contribution in [0.3, 0.4) is 0 Å². The molecule has 0 aliphatic carbocycles. The molecule has 25 heavy (non-hydrogen) atoms. The van der Waals surface area contributed by atoms with E-state index < -0.39 is 5.41 Å². The Morgan fingerprint density at radius 2 is 1.96 bits per heavy atom. The Hall–Kier alpha value is -1.08. The second-order valence-electron chi connectivity index (χ2n) is 6.37. The van der Waals surface area contributed by atoms with Gasteiger partial charge in [0.25, 0.3) is 0 Å². The quantitative estimate of drug-likeness (QED) is 0.849. The molecule has 1 aromatic heterocycles. The maximum atomic E-state index is 12.9. The van der Waals surface area contributed by atoms with Gasteiger partial charge in [-0.1, -0.05) is 6.07 Å². The van der Waals surface area contributed by atoms with Crippen molar-refractivity contribution in [3.63, 3.8) is 0 Å². The van der Waals surface area contributed by atoms with Crippen molar-refractivity contribution >= 4 is 30.7 Å². The average Bonchev–Trinajstić information content (AvgIpc) is 2.63. The number of carbonyl (C=O) groups excluding carboxylic acids is 1. The zero-order valence-electron chi connectivity index (χ0n) is 14.3. The molecule has 8 heteroatoms. The van der Waals surface area contributed by atoms with Crippen LogP contribution in [-0.4, -0.2) is 54.7 Å². The standard InChI is InChI=1S/C17H25N3O3.2ClH/c18-13-17(6-11-22-12-7-17)16(21)20-9-4-14(5-10-20)23-15-3-1-2-8-19-15;;/h1-3,8,14H,4-7,9-13,18H2;2*1H. The second-order valence-corrected chi connectivity index (χ2v) is 6.37. The van der Waals surface area contributed by atoms with Gasteiger partial charge in [-0.15, -0.1) is 24.8 Å². The number of ether oxygens (including phenoxy) is 2. The van der Waals surface area contributed by atoms with Gasteiger partial charge in [-0.2, -0.15) is 0 Å². The summed E-state index contributed by atoms with van der Waals surface area (Å²) in [4.78, 5) is 19.1. The minimum Gasteiger partial charge on any atom is -0.474 e. The number of hydrogen-bond donors (Lipinski definition) is 1. The molecule has 2 saturated heterocycles. The predicted molar refractivity (Wildman–Crippen MR) is 101 cm³/mol. The summed E-state index contributed by atoms with van der Waals surface area (Å²) in [6, 6.07) is 5.65. The van der Waals surface area contributed by atoms with Crippen molar-refractivity contribution in [2.24, 2.45) is 11.1 Å². The molecule has 0 spiro atoms. The molecule has 0 saturated carbocycles. The first-order chi connectivity index (χ1) is 11.2. The van der Waals surface area contributed by atoms with Crippen molar-refractivity contribution in [3.05, 3.63) is 24.4 Å². The van der Waals surface area contributed by atoms with E-state index in [9.17, 15) is 4.79 Å². The van der Waals surface area contributed by atoms with E-state index >= 15 is 0 Å². The molecule has 6 nitrogen and oxygen atoms in total. The van der Waals surface area contributed by atoms with E-state index in [4.69, 9.17) is 15.2 Å². The van der Waals surface area contributed by atoms with Crippen molar-refractivity contribution in [3.8, 4) is 5.88 Å².